The lowest BCUT2D eigenvalue weighted by atomic mass is 10.3. The van der Waals surface area contributed by atoms with Crippen molar-refractivity contribution in [1.82, 2.24) is 9.88 Å². The Morgan fingerprint density at radius 3 is 2.62 bits per heavy atom. The number of aromatic nitrogens is 1. The highest BCUT2D eigenvalue weighted by molar-refractivity contribution is 7.13. The molecule has 0 radical (unpaired) electrons. The van der Waals surface area contributed by atoms with Crippen LogP contribution in [0.2, 0.25) is 0 Å². The molecule has 1 aromatic rings. The smallest absolute Gasteiger partial charge is 0.323 e. The lowest BCUT2D eigenvalue weighted by Crippen LogP contribution is -2.40. The second-order valence-corrected chi connectivity index (χ2v) is 4.38. The number of nitrogens with two attached hydrogens (primary N) is 1. The van der Waals surface area contributed by atoms with Gasteiger partial charge in [-0.1, -0.05) is 0 Å². The quantitative estimate of drug-likeness (QED) is 0.809. The third-order valence-electron chi connectivity index (χ3n) is 1.93. The highest BCUT2D eigenvalue weighted by Gasteiger charge is 2.23. The highest BCUT2D eigenvalue weighted by Crippen LogP contribution is 2.14. The average Bonchev–Trinajstić information content (AvgIpc) is 2.59. The Labute approximate surface area is 96.7 Å². The Morgan fingerprint density at radius 2 is 2.25 bits per heavy atom. The molecule has 88 valence electrons. The number of rotatable bonds is 4. The van der Waals surface area contributed by atoms with Crippen molar-refractivity contribution in [2.75, 3.05) is 12.3 Å². The van der Waals surface area contributed by atoms with Gasteiger partial charge in [0.2, 0.25) is 0 Å². The van der Waals surface area contributed by atoms with E-state index in [0.29, 0.717) is 5.13 Å². The fourth-order valence-electron chi connectivity index (χ4n) is 1.17. The van der Waals surface area contributed by atoms with E-state index in [4.69, 9.17) is 10.8 Å². The largest absolute Gasteiger partial charge is 0.480 e. The molecule has 16 heavy (non-hydrogen) atoms. The van der Waals surface area contributed by atoms with Gasteiger partial charge in [0.05, 0.1) is 0 Å². The minimum atomic E-state index is -1.05. The second kappa shape index (κ2) is 4.93. The topological polar surface area (TPSA) is 96.5 Å². The molecule has 7 heteroatoms. The molecule has 0 unspecified atom stereocenters. The zero-order chi connectivity index (χ0) is 12.3. The molecule has 0 spiro atoms. The van der Waals surface area contributed by atoms with Gasteiger partial charge in [0.15, 0.2) is 5.13 Å². The van der Waals surface area contributed by atoms with Crippen LogP contribution in [0, 0.1) is 0 Å². The Hall–Kier alpha value is -1.63. The lowest BCUT2D eigenvalue weighted by molar-refractivity contribution is -0.138. The molecule has 3 N–H and O–H groups in total. The Kier molecular flexibility index (Phi) is 3.83. The maximum atomic E-state index is 11.9. The number of carbonyl (C=O) groups is 2. The van der Waals surface area contributed by atoms with E-state index in [9.17, 15) is 9.59 Å². The fraction of sp³-hybridized carbons (Fsp3) is 0.444. The second-order valence-electron chi connectivity index (χ2n) is 3.49. The predicted molar refractivity (Wildman–Crippen MR) is 60.3 cm³/mol. The van der Waals surface area contributed by atoms with Crippen LogP contribution in [0.15, 0.2) is 5.38 Å². The molecule has 0 saturated heterocycles. The van der Waals surface area contributed by atoms with Gasteiger partial charge in [-0.15, -0.1) is 11.3 Å². The van der Waals surface area contributed by atoms with Gasteiger partial charge in [0, 0.05) is 11.4 Å². The molecule has 1 aromatic heterocycles. The van der Waals surface area contributed by atoms with Crippen molar-refractivity contribution in [3.63, 3.8) is 0 Å². The Bertz CT molecular complexity index is 402. The van der Waals surface area contributed by atoms with Gasteiger partial charge in [-0.05, 0) is 13.8 Å². The summed E-state index contributed by atoms with van der Waals surface area (Å²) in [5.74, 6) is -1.46. The standard InChI is InChI=1S/C9H13N3O3S/c1-5(2)12(3-7(13)14)8(15)6-4-16-9(10)11-6/h4-5H,3H2,1-2H3,(H2,10,11)(H,13,14). The molecule has 0 atom stereocenters. The number of hydrogen-bond acceptors (Lipinski definition) is 5. The molecular formula is C9H13N3O3S. The number of carbonyl (C=O) groups excluding carboxylic acids is 1. The Morgan fingerprint density at radius 1 is 1.62 bits per heavy atom. The zero-order valence-electron chi connectivity index (χ0n) is 9.01. The van der Waals surface area contributed by atoms with Crippen LogP contribution in [-0.2, 0) is 4.79 Å². The number of nitrogen functional groups attached to an aromatic ring is 1. The number of anilines is 1. The molecule has 0 aliphatic carbocycles. The summed E-state index contributed by atoms with van der Waals surface area (Å²) in [7, 11) is 0. The number of aliphatic carboxylic acids is 1. The first-order chi connectivity index (χ1) is 7.41. The number of amides is 1. The zero-order valence-corrected chi connectivity index (χ0v) is 9.82. The van der Waals surface area contributed by atoms with Crippen molar-refractivity contribution in [3.8, 4) is 0 Å². The molecule has 0 aliphatic heterocycles. The normalized spacial score (nSPS) is 10.4. The monoisotopic (exact) mass is 243 g/mol. The van der Waals surface area contributed by atoms with Crippen LogP contribution >= 0.6 is 11.3 Å². The van der Waals surface area contributed by atoms with Gasteiger partial charge >= 0.3 is 5.97 Å². The van der Waals surface area contributed by atoms with Gasteiger partial charge in [0.25, 0.3) is 5.91 Å². The highest BCUT2D eigenvalue weighted by atomic mass is 32.1. The first-order valence-electron chi connectivity index (χ1n) is 4.65. The number of carboxylic acids is 1. The van der Waals surface area contributed by atoms with Gasteiger partial charge in [-0.25, -0.2) is 4.98 Å². The first kappa shape index (κ1) is 12.4. The SMILES string of the molecule is CC(C)N(CC(=O)O)C(=O)c1csc(N)n1. The van der Waals surface area contributed by atoms with E-state index < -0.39 is 11.9 Å². The summed E-state index contributed by atoms with van der Waals surface area (Å²) in [4.78, 5) is 27.6. The first-order valence-corrected chi connectivity index (χ1v) is 5.53. The number of nitrogens with zero attached hydrogens (tertiary/aromatic N) is 2. The van der Waals surface area contributed by atoms with Crippen molar-refractivity contribution in [3.05, 3.63) is 11.1 Å². The van der Waals surface area contributed by atoms with Crippen LogP contribution in [-0.4, -0.2) is 39.5 Å². The molecule has 0 aliphatic rings. The van der Waals surface area contributed by atoms with Crippen LogP contribution in [0.25, 0.3) is 0 Å². The predicted octanol–water partition coefficient (Wildman–Crippen LogP) is 0.661. The van der Waals surface area contributed by atoms with Crippen LogP contribution in [0.3, 0.4) is 0 Å². The summed E-state index contributed by atoms with van der Waals surface area (Å²) < 4.78 is 0. The number of hydrogen-bond donors (Lipinski definition) is 2. The number of thiazole rings is 1. The summed E-state index contributed by atoms with van der Waals surface area (Å²) in [5.41, 5.74) is 5.61. The fourth-order valence-corrected chi connectivity index (χ4v) is 1.70. The van der Waals surface area contributed by atoms with Gasteiger partial charge in [-0.2, -0.15) is 0 Å². The molecule has 0 saturated carbocycles. The van der Waals surface area contributed by atoms with Crippen LogP contribution in [0.1, 0.15) is 24.3 Å². The van der Waals surface area contributed by atoms with Crippen molar-refractivity contribution in [1.29, 1.82) is 0 Å². The summed E-state index contributed by atoms with van der Waals surface area (Å²) >= 11 is 1.15. The molecule has 1 amide bonds. The minimum absolute atomic E-state index is 0.192. The maximum absolute atomic E-state index is 11.9. The van der Waals surface area contributed by atoms with Crippen LogP contribution in [0.4, 0.5) is 5.13 Å². The van der Waals surface area contributed by atoms with Gasteiger partial charge < -0.3 is 15.7 Å². The number of carboxylic acid groups (broad SMARTS) is 1. The lowest BCUT2D eigenvalue weighted by Gasteiger charge is -2.23. The molecule has 0 fully saturated rings. The third-order valence-corrected chi connectivity index (χ3v) is 2.60. The summed E-state index contributed by atoms with van der Waals surface area (Å²) in [6.45, 7) is 3.15. The van der Waals surface area contributed by atoms with Gasteiger partial charge in [-0.3, -0.25) is 9.59 Å². The van der Waals surface area contributed by atoms with Crippen molar-refractivity contribution in [2.45, 2.75) is 19.9 Å². The maximum Gasteiger partial charge on any atom is 0.323 e. The van der Waals surface area contributed by atoms with Crippen LogP contribution in [0.5, 0.6) is 0 Å². The van der Waals surface area contributed by atoms with Crippen molar-refractivity contribution in [2.24, 2.45) is 0 Å². The van der Waals surface area contributed by atoms with Gasteiger partial charge in [0.1, 0.15) is 12.2 Å². The van der Waals surface area contributed by atoms with Crippen molar-refractivity contribution >= 4 is 28.3 Å². The molecule has 6 nitrogen and oxygen atoms in total. The van der Waals surface area contributed by atoms with E-state index in [1.54, 1.807) is 13.8 Å². The van der Waals surface area contributed by atoms with E-state index in [1.165, 1.54) is 10.3 Å². The molecule has 0 bridgehead atoms. The molecule has 0 aromatic carbocycles. The summed E-state index contributed by atoms with van der Waals surface area (Å²) in [6.07, 6.45) is 0. The van der Waals surface area contributed by atoms with E-state index in [-0.39, 0.29) is 18.3 Å². The van der Waals surface area contributed by atoms with E-state index in [1.807, 2.05) is 0 Å². The third kappa shape index (κ3) is 2.93. The molecule has 1 heterocycles. The average molecular weight is 243 g/mol. The summed E-state index contributed by atoms with van der Waals surface area (Å²) in [6, 6.07) is -0.202. The molecule has 1 rings (SSSR count). The summed E-state index contributed by atoms with van der Waals surface area (Å²) in [5, 5.41) is 10.5. The Balaban J connectivity index is 2.87. The van der Waals surface area contributed by atoms with E-state index in [0.717, 1.165) is 11.3 Å². The molecular weight excluding hydrogens is 230 g/mol. The van der Waals surface area contributed by atoms with Crippen molar-refractivity contribution < 1.29 is 14.7 Å². The van der Waals surface area contributed by atoms with E-state index >= 15 is 0 Å². The van der Waals surface area contributed by atoms with Crippen LogP contribution < -0.4 is 5.73 Å². The minimum Gasteiger partial charge on any atom is -0.480 e. The van der Waals surface area contributed by atoms with E-state index in [2.05, 4.69) is 4.98 Å².